The zero-order valence-corrected chi connectivity index (χ0v) is 9.91. The molecule has 0 aromatic heterocycles. The van der Waals surface area contributed by atoms with E-state index >= 15 is 0 Å². The molecular weight excluding hydrogens is 263 g/mol. The molecule has 0 aliphatic heterocycles. The van der Waals surface area contributed by atoms with Crippen LogP contribution in [-0.2, 0) is 14.9 Å². The van der Waals surface area contributed by atoms with E-state index in [4.69, 9.17) is 8.85 Å². The summed E-state index contributed by atoms with van der Waals surface area (Å²) in [5.41, 5.74) is -0.918. The van der Waals surface area contributed by atoms with E-state index in [0.717, 1.165) is 0 Å². The van der Waals surface area contributed by atoms with E-state index in [9.17, 15) is 22.0 Å². The largest absolute Gasteiger partial charge is 0.397 e. The molecule has 0 saturated carbocycles. The molecular formula is C9H8F5O2Si. The maximum atomic E-state index is 13.2. The van der Waals surface area contributed by atoms with Gasteiger partial charge in [-0.3, -0.25) is 0 Å². The molecule has 0 amide bonds. The molecule has 0 atom stereocenters. The molecule has 0 fully saturated rings. The molecule has 1 radical (unpaired) electrons. The highest BCUT2D eigenvalue weighted by Gasteiger charge is 2.28. The number of rotatable bonds is 4. The highest BCUT2D eigenvalue weighted by molar-refractivity contribution is 6.43. The van der Waals surface area contributed by atoms with Crippen LogP contribution in [0.1, 0.15) is 5.56 Å². The predicted octanol–water partition coefficient (Wildman–Crippen LogP) is 2.24. The second-order valence-electron chi connectivity index (χ2n) is 3.01. The highest BCUT2D eigenvalue weighted by atomic mass is 28.3. The van der Waals surface area contributed by atoms with Gasteiger partial charge in [0.2, 0.25) is 5.82 Å². The minimum atomic E-state index is -2.17. The molecule has 0 unspecified atom stereocenters. The average molecular weight is 271 g/mol. The molecule has 0 spiro atoms. The molecule has 2 nitrogen and oxygen atoms in total. The van der Waals surface area contributed by atoms with Crippen molar-refractivity contribution in [2.24, 2.45) is 0 Å². The lowest BCUT2D eigenvalue weighted by molar-refractivity contribution is 0.274. The van der Waals surface area contributed by atoms with Gasteiger partial charge in [0.1, 0.15) is 0 Å². The Bertz CT molecular complexity index is 393. The molecule has 95 valence electrons. The second-order valence-corrected chi connectivity index (χ2v) is 4.92. The van der Waals surface area contributed by atoms with Gasteiger partial charge < -0.3 is 8.85 Å². The molecule has 0 saturated heterocycles. The molecule has 1 aromatic rings. The Labute approximate surface area is 95.8 Å². The molecule has 0 aliphatic carbocycles. The Balaban J connectivity index is 3.24. The van der Waals surface area contributed by atoms with Gasteiger partial charge in [-0.05, 0) is 0 Å². The molecule has 17 heavy (non-hydrogen) atoms. The number of hydrogen-bond donors (Lipinski definition) is 0. The van der Waals surface area contributed by atoms with Crippen molar-refractivity contribution in [2.75, 3.05) is 14.2 Å². The van der Waals surface area contributed by atoms with Crippen molar-refractivity contribution < 1.29 is 30.8 Å². The maximum absolute atomic E-state index is 13.2. The van der Waals surface area contributed by atoms with E-state index in [1.54, 1.807) is 0 Å². The summed E-state index contributed by atoms with van der Waals surface area (Å²) in [4.78, 5) is 0. The van der Waals surface area contributed by atoms with Crippen LogP contribution in [0.15, 0.2) is 0 Å². The lowest BCUT2D eigenvalue weighted by atomic mass is 10.2. The topological polar surface area (TPSA) is 18.5 Å². The van der Waals surface area contributed by atoms with Crippen LogP contribution in [0.4, 0.5) is 22.0 Å². The normalized spacial score (nSPS) is 11.3. The molecule has 0 aliphatic rings. The number of hydrogen-bond acceptors (Lipinski definition) is 2. The third-order valence-corrected chi connectivity index (χ3v) is 3.63. The van der Waals surface area contributed by atoms with Crippen LogP contribution in [0.2, 0.25) is 0 Å². The number of halogens is 5. The third kappa shape index (κ3) is 2.64. The van der Waals surface area contributed by atoms with Crippen LogP contribution in [0, 0.1) is 29.1 Å². The van der Waals surface area contributed by atoms with Crippen LogP contribution >= 0.6 is 0 Å². The predicted molar refractivity (Wildman–Crippen MR) is 49.7 cm³/mol. The van der Waals surface area contributed by atoms with Crippen molar-refractivity contribution in [3.8, 4) is 0 Å². The Morgan fingerprint density at radius 3 is 1.47 bits per heavy atom. The molecule has 1 rings (SSSR count). The first-order chi connectivity index (χ1) is 7.93. The summed E-state index contributed by atoms with van der Waals surface area (Å²) in [7, 11) is 0.351. The fourth-order valence-corrected chi connectivity index (χ4v) is 2.23. The van der Waals surface area contributed by atoms with Gasteiger partial charge in [0, 0.05) is 25.8 Å². The summed E-state index contributed by atoms with van der Waals surface area (Å²) in [5.74, 6) is -9.80. The lowest BCUT2D eigenvalue weighted by Crippen LogP contribution is -2.25. The van der Waals surface area contributed by atoms with Crippen molar-refractivity contribution in [1.82, 2.24) is 0 Å². The average Bonchev–Trinajstić information content (AvgIpc) is 2.34. The summed E-state index contributed by atoms with van der Waals surface area (Å²) < 4.78 is 74.3. The molecule has 0 heterocycles. The van der Waals surface area contributed by atoms with Gasteiger partial charge in [-0.25, -0.2) is 22.0 Å². The van der Waals surface area contributed by atoms with E-state index in [1.165, 1.54) is 14.2 Å². The Hall–Kier alpha value is -0.993. The molecule has 0 bridgehead atoms. The van der Waals surface area contributed by atoms with Crippen LogP contribution in [-0.4, -0.2) is 23.5 Å². The van der Waals surface area contributed by atoms with Gasteiger partial charge in [0.05, 0.1) is 0 Å². The van der Waals surface area contributed by atoms with Crippen LogP contribution in [0.25, 0.3) is 0 Å². The summed E-state index contributed by atoms with van der Waals surface area (Å²) >= 11 is 0. The first kappa shape index (κ1) is 14.1. The minimum absolute atomic E-state index is 0.483. The van der Waals surface area contributed by atoms with Crippen LogP contribution in [0.3, 0.4) is 0 Å². The van der Waals surface area contributed by atoms with E-state index in [0.29, 0.717) is 0 Å². The molecule has 1 aromatic carbocycles. The van der Waals surface area contributed by atoms with E-state index in [2.05, 4.69) is 0 Å². The van der Waals surface area contributed by atoms with Crippen molar-refractivity contribution >= 4 is 9.28 Å². The zero-order valence-electron chi connectivity index (χ0n) is 8.91. The van der Waals surface area contributed by atoms with Gasteiger partial charge in [-0.15, -0.1) is 0 Å². The van der Waals surface area contributed by atoms with Crippen LogP contribution < -0.4 is 0 Å². The smallest absolute Gasteiger partial charge is 0.389 e. The van der Waals surface area contributed by atoms with Crippen LogP contribution in [0.5, 0.6) is 0 Å². The zero-order chi connectivity index (χ0) is 13.2. The fraction of sp³-hybridized carbons (Fsp3) is 0.333. The van der Waals surface area contributed by atoms with Crippen molar-refractivity contribution in [1.29, 1.82) is 0 Å². The monoisotopic (exact) mass is 271 g/mol. The van der Waals surface area contributed by atoms with E-state index in [-0.39, 0.29) is 0 Å². The van der Waals surface area contributed by atoms with Gasteiger partial charge >= 0.3 is 9.28 Å². The minimum Gasteiger partial charge on any atom is -0.397 e. The summed E-state index contributed by atoms with van der Waals surface area (Å²) in [6, 6.07) is -0.483. The third-order valence-electron chi connectivity index (χ3n) is 2.08. The standard InChI is InChI=1S/C9H8F5O2Si/c1-15-17(16-2)3-4-5(10)7(12)9(14)8(13)6(4)11/h3H2,1-2H3. The van der Waals surface area contributed by atoms with Gasteiger partial charge in [0.15, 0.2) is 23.3 Å². The second kappa shape index (κ2) is 5.56. The molecule has 0 N–H and O–H groups in total. The first-order valence-corrected chi connectivity index (χ1v) is 5.90. The SMILES string of the molecule is CO[Si](Cc1c(F)c(F)c(F)c(F)c1F)OC. The summed E-state index contributed by atoms with van der Waals surface area (Å²) in [6.45, 7) is 0. The summed E-state index contributed by atoms with van der Waals surface area (Å²) in [5, 5.41) is 0. The highest BCUT2D eigenvalue weighted by Crippen LogP contribution is 2.23. The van der Waals surface area contributed by atoms with Gasteiger partial charge in [-0.1, -0.05) is 0 Å². The van der Waals surface area contributed by atoms with Crippen molar-refractivity contribution in [3.05, 3.63) is 34.6 Å². The maximum Gasteiger partial charge on any atom is 0.389 e. The van der Waals surface area contributed by atoms with Gasteiger partial charge in [0.25, 0.3) is 0 Å². The van der Waals surface area contributed by atoms with Crippen molar-refractivity contribution in [3.63, 3.8) is 0 Å². The first-order valence-electron chi connectivity index (χ1n) is 4.38. The fourth-order valence-electron chi connectivity index (χ4n) is 1.18. The number of benzene rings is 1. The van der Waals surface area contributed by atoms with E-state index < -0.39 is 50.0 Å². The quantitative estimate of drug-likeness (QED) is 0.362. The molecule has 8 heteroatoms. The van der Waals surface area contributed by atoms with Gasteiger partial charge in [-0.2, -0.15) is 0 Å². The lowest BCUT2D eigenvalue weighted by Gasteiger charge is -2.11. The van der Waals surface area contributed by atoms with E-state index in [1.807, 2.05) is 0 Å². The summed E-state index contributed by atoms with van der Waals surface area (Å²) in [6.07, 6.45) is 0. The Morgan fingerprint density at radius 1 is 0.765 bits per heavy atom. The van der Waals surface area contributed by atoms with Crippen molar-refractivity contribution in [2.45, 2.75) is 6.04 Å². The Morgan fingerprint density at radius 2 is 1.12 bits per heavy atom. The Kier molecular flexibility index (Phi) is 4.60.